The zero-order valence-corrected chi connectivity index (χ0v) is 14.2. The van der Waals surface area contributed by atoms with Crippen LogP contribution in [0.5, 0.6) is 5.75 Å². The molecule has 3 rings (SSSR count). The van der Waals surface area contributed by atoms with E-state index in [2.05, 4.69) is 17.2 Å². The topological polar surface area (TPSA) is 54.1 Å². The van der Waals surface area contributed by atoms with Crippen LogP contribution in [0.25, 0.3) is 10.9 Å². The number of hydrogen-bond donors (Lipinski definition) is 2. The van der Waals surface area contributed by atoms with Gasteiger partial charge in [-0.3, -0.25) is 4.79 Å². The van der Waals surface area contributed by atoms with Gasteiger partial charge in [0.2, 0.25) is 0 Å². The Bertz CT molecular complexity index is 840. The van der Waals surface area contributed by atoms with Crippen LogP contribution in [0.3, 0.4) is 0 Å². The monoisotopic (exact) mass is 342 g/mol. The molecule has 3 aromatic rings. The third-order valence-corrected chi connectivity index (χ3v) is 3.91. The quantitative estimate of drug-likeness (QED) is 0.691. The first-order valence-electron chi connectivity index (χ1n) is 7.94. The second-order valence-electron chi connectivity index (χ2n) is 5.59. The number of hydrogen-bond acceptors (Lipinski definition) is 2. The number of ether oxygens (including phenoxy) is 1. The number of amides is 1. The highest BCUT2D eigenvalue weighted by Gasteiger charge is 2.09. The third kappa shape index (κ3) is 3.89. The largest absolute Gasteiger partial charge is 0.494 e. The standard InChI is InChI=1S/C19H19ClN2O2/c1-2-9-24-16-6-3-13(4-7-16)12-21-19(23)18-11-14-10-15(20)5-8-17(14)22-18/h3-8,10-11,22H,2,9,12H2,1H3,(H,21,23). The van der Waals surface area contributed by atoms with Crippen molar-refractivity contribution in [2.45, 2.75) is 19.9 Å². The first kappa shape index (κ1) is 16.4. The van der Waals surface area contributed by atoms with Gasteiger partial charge in [0, 0.05) is 22.5 Å². The van der Waals surface area contributed by atoms with E-state index < -0.39 is 0 Å². The molecule has 0 saturated heterocycles. The second kappa shape index (κ2) is 7.41. The number of fused-ring (bicyclic) bond motifs is 1. The summed E-state index contributed by atoms with van der Waals surface area (Å²) >= 11 is 5.97. The van der Waals surface area contributed by atoms with Crippen molar-refractivity contribution in [3.05, 3.63) is 64.8 Å². The molecule has 0 aliphatic rings. The number of H-pyrrole nitrogens is 1. The van der Waals surface area contributed by atoms with Gasteiger partial charge in [-0.2, -0.15) is 0 Å². The Morgan fingerprint density at radius 2 is 1.96 bits per heavy atom. The van der Waals surface area contributed by atoms with Crippen molar-refractivity contribution in [1.29, 1.82) is 0 Å². The van der Waals surface area contributed by atoms with E-state index in [9.17, 15) is 4.79 Å². The Morgan fingerprint density at radius 1 is 1.17 bits per heavy atom. The van der Waals surface area contributed by atoms with Gasteiger partial charge in [-0.05, 0) is 48.4 Å². The van der Waals surface area contributed by atoms with Crippen LogP contribution in [-0.2, 0) is 6.54 Å². The molecule has 0 aliphatic heterocycles. The summed E-state index contributed by atoms with van der Waals surface area (Å²) in [5.41, 5.74) is 2.43. The molecule has 24 heavy (non-hydrogen) atoms. The lowest BCUT2D eigenvalue weighted by Crippen LogP contribution is -2.23. The van der Waals surface area contributed by atoms with Crippen LogP contribution in [0.4, 0.5) is 0 Å². The molecule has 0 bridgehead atoms. The molecule has 0 fully saturated rings. The van der Waals surface area contributed by atoms with Crippen LogP contribution < -0.4 is 10.1 Å². The summed E-state index contributed by atoms with van der Waals surface area (Å²) in [6, 6.07) is 15.0. The molecule has 0 radical (unpaired) electrons. The maximum Gasteiger partial charge on any atom is 0.267 e. The lowest BCUT2D eigenvalue weighted by atomic mass is 10.2. The lowest BCUT2D eigenvalue weighted by molar-refractivity contribution is 0.0947. The first-order chi connectivity index (χ1) is 11.7. The van der Waals surface area contributed by atoms with Crippen LogP contribution in [0.2, 0.25) is 5.02 Å². The minimum absolute atomic E-state index is 0.145. The Labute approximate surface area is 145 Å². The van der Waals surface area contributed by atoms with Gasteiger partial charge < -0.3 is 15.0 Å². The van der Waals surface area contributed by atoms with Gasteiger partial charge in [0.05, 0.1) is 6.61 Å². The fourth-order valence-electron chi connectivity index (χ4n) is 2.43. The third-order valence-electron chi connectivity index (χ3n) is 3.68. The lowest BCUT2D eigenvalue weighted by Gasteiger charge is -2.07. The van der Waals surface area contributed by atoms with E-state index in [-0.39, 0.29) is 5.91 Å². The van der Waals surface area contributed by atoms with Gasteiger partial charge in [0.25, 0.3) is 5.91 Å². The van der Waals surface area contributed by atoms with Crippen LogP contribution in [0.15, 0.2) is 48.5 Å². The zero-order valence-electron chi connectivity index (χ0n) is 13.4. The molecular formula is C19H19ClN2O2. The number of nitrogens with one attached hydrogen (secondary N) is 2. The summed E-state index contributed by atoms with van der Waals surface area (Å²) in [6.45, 7) is 3.24. The summed E-state index contributed by atoms with van der Waals surface area (Å²) in [6.07, 6.45) is 0.980. The molecule has 0 spiro atoms. The summed E-state index contributed by atoms with van der Waals surface area (Å²) in [7, 11) is 0. The van der Waals surface area contributed by atoms with Crippen molar-refractivity contribution in [2.24, 2.45) is 0 Å². The highest BCUT2D eigenvalue weighted by atomic mass is 35.5. The number of benzene rings is 2. The fourth-order valence-corrected chi connectivity index (χ4v) is 2.61. The van der Waals surface area contributed by atoms with Crippen molar-refractivity contribution in [2.75, 3.05) is 6.61 Å². The van der Waals surface area contributed by atoms with Gasteiger partial charge in [-0.15, -0.1) is 0 Å². The first-order valence-corrected chi connectivity index (χ1v) is 8.31. The van der Waals surface area contributed by atoms with E-state index in [0.29, 0.717) is 23.9 Å². The Kier molecular flexibility index (Phi) is 5.06. The number of carbonyl (C=O) groups excluding carboxylic acids is 1. The molecule has 5 heteroatoms. The molecule has 0 unspecified atom stereocenters. The molecule has 124 valence electrons. The van der Waals surface area contributed by atoms with Crippen LogP contribution in [0, 0.1) is 0 Å². The van der Waals surface area contributed by atoms with E-state index >= 15 is 0 Å². The van der Waals surface area contributed by atoms with E-state index in [1.807, 2.05) is 36.4 Å². The van der Waals surface area contributed by atoms with Gasteiger partial charge in [0.1, 0.15) is 11.4 Å². The van der Waals surface area contributed by atoms with Crippen LogP contribution >= 0.6 is 11.6 Å². The SMILES string of the molecule is CCCOc1ccc(CNC(=O)c2cc3cc(Cl)ccc3[nH]2)cc1. The molecule has 4 nitrogen and oxygen atoms in total. The molecular weight excluding hydrogens is 324 g/mol. The number of aromatic amines is 1. The van der Waals surface area contributed by atoms with Crippen molar-refractivity contribution in [1.82, 2.24) is 10.3 Å². The van der Waals surface area contributed by atoms with E-state index in [4.69, 9.17) is 16.3 Å². The molecule has 1 heterocycles. The number of rotatable bonds is 6. The summed E-state index contributed by atoms with van der Waals surface area (Å²) in [5, 5.41) is 4.48. The van der Waals surface area contributed by atoms with Gasteiger partial charge in [-0.1, -0.05) is 30.7 Å². The van der Waals surface area contributed by atoms with Crippen LogP contribution in [-0.4, -0.2) is 17.5 Å². The molecule has 1 amide bonds. The zero-order chi connectivity index (χ0) is 16.9. The van der Waals surface area contributed by atoms with Crippen molar-refractivity contribution in [3.8, 4) is 5.75 Å². The van der Waals surface area contributed by atoms with Gasteiger partial charge in [-0.25, -0.2) is 0 Å². The minimum Gasteiger partial charge on any atom is -0.494 e. The average molecular weight is 343 g/mol. The summed E-state index contributed by atoms with van der Waals surface area (Å²) in [4.78, 5) is 15.4. The number of carbonyl (C=O) groups is 1. The number of halogens is 1. The smallest absolute Gasteiger partial charge is 0.267 e. The van der Waals surface area contributed by atoms with E-state index in [1.54, 1.807) is 12.1 Å². The highest BCUT2D eigenvalue weighted by molar-refractivity contribution is 6.31. The molecule has 0 aliphatic carbocycles. The van der Waals surface area contributed by atoms with E-state index in [0.717, 1.165) is 28.6 Å². The molecule has 0 atom stereocenters. The summed E-state index contributed by atoms with van der Waals surface area (Å²) < 4.78 is 5.55. The Balaban J connectivity index is 1.61. The molecule has 2 aromatic carbocycles. The van der Waals surface area contributed by atoms with Gasteiger partial charge >= 0.3 is 0 Å². The normalized spacial score (nSPS) is 10.8. The maximum absolute atomic E-state index is 12.3. The predicted octanol–water partition coefficient (Wildman–Crippen LogP) is 4.54. The number of aromatic nitrogens is 1. The van der Waals surface area contributed by atoms with Crippen molar-refractivity contribution < 1.29 is 9.53 Å². The fraction of sp³-hybridized carbons (Fsp3) is 0.211. The summed E-state index contributed by atoms with van der Waals surface area (Å²) in [5.74, 6) is 0.702. The second-order valence-corrected chi connectivity index (χ2v) is 6.03. The average Bonchev–Trinajstić information content (AvgIpc) is 3.02. The Morgan fingerprint density at radius 3 is 2.71 bits per heavy atom. The molecule has 0 saturated carbocycles. The Hall–Kier alpha value is -2.46. The molecule has 1 aromatic heterocycles. The van der Waals surface area contributed by atoms with Crippen molar-refractivity contribution in [3.63, 3.8) is 0 Å². The molecule has 2 N–H and O–H groups in total. The minimum atomic E-state index is -0.145. The maximum atomic E-state index is 12.3. The highest BCUT2D eigenvalue weighted by Crippen LogP contribution is 2.20. The predicted molar refractivity (Wildman–Crippen MR) is 96.7 cm³/mol. The van der Waals surface area contributed by atoms with Crippen molar-refractivity contribution >= 4 is 28.4 Å². The van der Waals surface area contributed by atoms with E-state index in [1.165, 1.54) is 0 Å². The van der Waals surface area contributed by atoms with Crippen LogP contribution in [0.1, 0.15) is 29.4 Å². The van der Waals surface area contributed by atoms with Gasteiger partial charge in [0.15, 0.2) is 0 Å².